The Hall–Kier alpha value is -1.11. The second kappa shape index (κ2) is 2.94. The van der Waals surface area contributed by atoms with Gasteiger partial charge in [0.2, 0.25) is 0 Å². The van der Waals surface area contributed by atoms with Crippen molar-refractivity contribution in [1.29, 1.82) is 0 Å². The van der Waals surface area contributed by atoms with Crippen LogP contribution in [0.15, 0.2) is 12.6 Å². The van der Waals surface area contributed by atoms with Gasteiger partial charge in [-0.1, -0.05) is 12.6 Å². The van der Waals surface area contributed by atoms with E-state index < -0.39 is 6.17 Å². The monoisotopic (exact) mass is 190 g/mol. The molecule has 0 aliphatic heterocycles. The van der Waals surface area contributed by atoms with Crippen molar-refractivity contribution in [2.75, 3.05) is 0 Å². The van der Waals surface area contributed by atoms with Gasteiger partial charge in [0.1, 0.15) is 6.17 Å². The maximum absolute atomic E-state index is 13.0. The molecule has 0 bridgehead atoms. The van der Waals surface area contributed by atoms with Crippen molar-refractivity contribution in [2.45, 2.75) is 33.4 Å². The summed E-state index contributed by atoms with van der Waals surface area (Å²) in [5.41, 5.74) is 7.28. The van der Waals surface area contributed by atoms with Crippen LogP contribution < -0.4 is 0 Å². The smallest absolute Gasteiger partial charge is 0.101 e. The first-order valence-electron chi connectivity index (χ1n) is 4.99. The van der Waals surface area contributed by atoms with E-state index >= 15 is 0 Å². The number of halogens is 1. The fourth-order valence-electron chi connectivity index (χ4n) is 2.18. The Bertz CT molecular complexity index is 414. The molecule has 0 fully saturated rings. The van der Waals surface area contributed by atoms with Gasteiger partial charge in [0.15, 0.2) is 0 Å². The predicted octanol–water partition coefficient (Wildman–Crippen LogP) is 3.58. The zero-order valence-electron chi connectivity index (χ0n) is 8.95. The van der Waals surface area contributed by atoms with Crippen LogP contribution in [0.2, 0.25) is 0 Å². The first-order valence-corrected chi connectivity index (χ1v) is 4.99. The lowest BCUT2D eigenvalue weighted by molar-refractivity contribution is 0.359. The van der Waals surface area contributed by atoms with Crippen LogP contribution in [0.25, 0.3) is 5.57 Å². The van der Waals surface area contributed by atoms with Crippen molar-refractivity contribution in [1.82, 2.24) is 0 Å². The summed E-state index contributed by atoms with van der Waals surface area (Å²) >= 11 is 0. The molecule has 1 aliphatic carbocycles. The Balaban J connectivity index is 2.47. The molecule has 0 radical (unpaired) electrons. The maximum atomic E-state index is 13.0. The third kappa shape index (κ3) is 1.28. The first-order chi connectivity index (χ1) is 6.52. The highest BCUT2D eigenvalue weighted by molar-refractivity contribution is 6.01. The molecule has 2 rings (SSSR count). The van der Waals surface area contributed by atoms with Gasteiger partial charge in [-0.15, -0.1) is 0 Å². The molecule has 0 saturated heterocycles. The van der Waals surface area contributed by atoms with Crippen LogP contribution >= 0.6 is 0 Å². The molecule has 1 heteroatoms. The second-order valence-corrected chi connectivity index (χ2v) is 4.18. The lowest BCUT2D eigenvalue weighted by atomic mass is 9.98. The molecule has 1 aromatic rings. The highest BCUT2D eigenvalue weighted by Gasteiger charge is 2.27. The van der Waals surface area contributed by atoms with Crippen molar-refractivity contribution >= 4 is 5.57 Å². The van der Waals surface area contributed by atoms with Crippen LogP contribution in [0, 0.1) is 13.8 Å². The summed E-state index contributed by atoms with van der Waals surface area (Å²) in [5, 5.41) is 0. The number of alkyl halides is 1. The summed E-state index contributed by atoms with van der Waals surface area (Å²) in [6.07, 6.45) is -0.240. The summed E-state index contributed by atoms with van der Waals surface area (Å²) in [5.74, 6) is 0. The van der Waals surface area contributed by atoms with Gasteiger partial charge in [-0.3, -0.25) is 0 Å². The van der Waals surface area contributed by atoms with Crippen LogP contribution in [0.4, 0.5) is 4.39 Å². The van der Waals surface area contributed by atoms with Gasteiger partial charge < -0.3 is 0 Å². The van der Waals surface area contributed by atoms with Crippen molar-refractivity contribution in [2.24, 2.45) is 0 Å². The molecule has 74 valence electrons. The van der Waals surface area contributed by atoms with E-state index in [1.807, 2.05) is 0 Å². The zero-order valence-corrected chi connectivity index (χ0v) is 8.95. The van der Waals surface area contributed by atoms with E-state index in [9.17, 15) is 4.39 Å². The molecule has 0 heterocycles. The largest absolute Gasteiger partial charge is 0.247 e. The molecule has 0 saturated carbocycles. The van der Waals surface area contributed by atoms with Crippen LogP contribution in [-0.4, -0.2) is 6.17 Å². The minimum atomic E-state index is -0.766. The Morgan fingerprint density at radius 2 is 2.07 bits per heavy atom. The first kappa shape index (κ1) is 9.45. The van der Waals surface area contributed by atoms with E-state index in [1.165, 1.54) is 22.3 Å². The van der Waals surface area contributed by atoms with Crippen LogP contribution in [0.3, 0.4) is 0 Å². The molecule has 0 nitrogen and oxygen atoms in total. The molecule has 14 heavy (non-hydrogen) atoms. The molecule has 0 aromatic heterocycles. The average Bonchev–Trinajstić information content (AvgIpc) is 2.70. The molecular weight excluding hydrogens is 175 g/mol. The van der Waals surface area contributed by atoms with Gasteiger partial charge in [0.25, 0.3) is 0 Å². The van der Waals surface area contributed by atoms with Gasteiger partial charge in [-0.05, 0) is 54.2 Å². The predicted molar refractivity (Wildman–Crippen MR) is 58.3 cm³/mol. The third-order valence-electron chi connectivity index (χ3n) is 2.98. The molecule has 1 atom stereocenters. The summed E-state index contributed by atoms with van der Waals surface area (Å²) in [6, 6.07) is 2.13. The summed E-state index contributed by atoms with van der Waals surface area (Å²) < 4.78 is 13.0. The van der Waals surface area contributed by atoms with Crippen molar-refractivity contribution < 1.29 is 4.39 Å². The van der Waals surface area contributed by atoms with Crippen molar-refractivity contribution in [3.63, 3.8) is 0 Å². The van der Waals surface area contributed by atoms with E-state index in [0.29, 0.717) is 6.42 Å². The number of fused-ring (bicyclic) bond motifs is 1. The number of hydrogen-bond acceptors (Lipinski definition) is 0. The van der Waals surface area contributed by atoms with E-state index in [4.69, 9.17) is 0 Å². The van der Waals surface area contributed by atoms with E-state index in [-0.39, 0.29) is 0 Å². The summed E-state index contributed by atoms with van der Waals surface area (Å²) in [7, 11) is 0. The van der Waals surface area contributed by atoms with Crippen molar-refractivity contribution in [3.8, 4) is 0 Å². The van der Waals surface area contributed by atoms with E-state index in [2.05, 4.69) is 26.5 Å². The van der Waals surface area contributed by atoms with Gasteiger partial charge in [-0.2, -0.15) is 0 Å². The molecule has 1 unspecified atom stereocenters. The average molecular weight is 190 g/mol. The van der Waals surface area contributed by atoms with E-state index in [0.717, 1.165) is 11.1 Å². The summed E-state index contributed by atoms with van der Waals surface area (Å²) in [6.45, 7) is 9.70. The Kier molecular flexibility index (Phi) is 1.99. The molecular formula is C13H15F. The van der Waals surface area contributed by atoms with Crippen molar-refractivity contribution in [3.05, 3.63) is 40.5 Å². The highest BCUT2D eigenvalue weighted by atomic mass is 19.1. The fourth-order valence-corrected chi connectivity index (χ4v) is 2.18. The molecule has 1 aliphatic rings. The highest BCUT2D eigenvalue weighted by Crippen LogP contribution is 2.45. The standard InChI is InChI=1S/C13H15F/c1-7-5-12-10(4)13(12)9(3)11(7)6-8(2)14/h5,8H,4,6H2,1-3H3. The molecule has 0 N–H and O–H groups in total. The van der Waals surface area contributed by atoms with Gasteiger partial charge in [0, 0.05) is 6.42 Å². The second-order valence-electron chi connectivity index (χ2n) is 4.18. The maximum Gasteiger partial charge on any atom is 0.101 e. The minimum absolute atomic E-state index is 0.526. The quantitative estimate of drug-likeness (QED) is 0.679. The lowest BCUT2D eigenvalue weighted by Gasteiger charge is -2.09. The Labute approximate surface area is 84.5 Å². The van der Waals surface area contributed by atoms with Crippen LogP contribution in [-0.2, 0) is 6.42 Å². The Morgan fingerprint density at radius 1 is 1.43 bits per heavy atom. The number of rotatable bonds is 2. The lowest BCUT2D eigenvalue weighted by Crippen LogP contribution is -2.02. The van der Waals surface area contributed by atoms with Gasteiger partial charge >= 0.3 is 0 Å². The summed E-state index contributed by atoms with van der Waals surface area (Å²) in [4.78, 5) is 0. The Morgan fingerprint density at radius 3 is 2.64 bits per heavy atom. The van der Waals surface area contributed by atoms with E-state index in [1.54, 1.807) is 6.92 Å². The number of benzene rings is 1. The molecule has 1 aromatic carbocycles. The fraction of sp³-hybridized carbons (Fsp3) is 0.385. The van der Waals surface area contributed by atoms with Crippen LogP contribution in [0.1, 0.15) is 34.7 Å². The molecule has 0 spiro atoms. The van der Waals surface area contributed by atoms with Gasteiger partial charge in [0.05, 0.1) is 0 Å². The van der Waals surface area contributed by atoms with Gasteiger partial charge in [-0.25, -0.2) is 4.39 Å². The number of aryl methyl sites for hydroxylation is 1. The third-order valence-corrected chi connectivity index (χ3v) is 2.98. The van der Waals surface area contributed by atoms with Crippen LogP contribution in [0.5, 0.6) is 0 Å². The number of hydrogen-bond donors (Lipinski definition) is 0. The topological polar surface area (TPSA) is 0 Å². The normalized spacial score (nSPS) is 15.3. The zero-order chi connectivity index (χ0) is 10.5. The molecule has 0 amide bonds. The SMILES string of the molecule is C=C1c2cc(C)c(CC(C)F)c(C)c21. The minimum Gasteiger partial charge on any atom is -0.247 e.